The van der Waals surface area contributed by atoms with Gasteiger partial charge in [0.1, 0.15) is 11.5 Å². The highest BCUT2D eigenvalue weighted by atomic mass is 16.5. The molecular formula is C54H30N6O. The molecule has 61 heavy (non-hydrogen) atoms. The van der Waals surface area contributed by atoms with Gasteiger partial charge in [-0.05, 0) is 58.7 Å². The fourth-order valence-electron chi connectivity index (χ4n) is 9.75. The minimum Gasteiger partial charge on any atom is -0.457 e. The van der Waals surface area contributed by atoms with Gasteiger partial charge in [-0.1, -0.05) is 146 Å². The Morgan fingerprint density at radius 1 is 0.541 bits per heavy atom. The molecule has 10 aromatic rings. The Hall–Kier alpha value is -8.65. The van der Waals surface area contributed by atoms with Gasteiger partial charge >= 0.3 is 0 Å². The molecule has 7 heteroatoms. The van der Waals surface area contributed by atoms with Crippen LogP contribution in [0.15, 0.2) is 182 Å². The highest BCUT2D eigenvalue weighted by Gasteiger charge is 2.51. The zero-order valence-electron chi connectivity index (χ0n) is 32.4. The summed E-state index contributed by atoms with van der Waals surface area (Å²) in [6.45, 7) is 8.52. The first-order chi connectivity index (χ1) is 30.2. The quantitative estimate of drug-likeness (QED) is 0.166. The Balaban J connectivity index is 1.12. The molecule has 282 valence electrons. The maximum atomic E-state index is 10.9. The summed E-state index contributed by atoms with van der Waals surface area (Å²) in [7, 11) is 0. The lowest BCUT2D eigenvalue weighted by molar-refractivity contribution is 0.436. The number of nitrogens with zero attached hydrogens (tertiary/aromatic N) is 6. The highest BCUT2D eigenvalue weighted by Crippen LogP contribution is 2.63. The Labute approximate surface area is 350 Å². The van der Waals surface area contributed by atoms with Crippen molar-refractivity contribution in [2.45, 2.75) is 5.41 Å². The van der Waals surface area contributed by atoms with Crippen molar-refractivity contribution in [1.82, 2.24) is 19.5 Å². The van der Waals surface area contributed by atoms with Gasteiger partial charge in [-0.3, -0.25) is 0 Å². The van der Waals surface area contributed by atoms with Crippen molar-refractivity contribution in [2.24, 2.45) is 0 Å². The van der Waals surface area contributed by atoms with E-state index in [1.807, 2.05) is 91.0 Å². The zero-order valence-corrected chi connectivity index (χ0v) is 32.4. The monoisotopic (exact) mass is 778 g/mol. The van der Waals surface area contributed by atoms with Crippen LogP contribution in [0.3, 0.4) is 0 Å². The summed E-state index contributed by atoms with van der Waals surface area (Å²) in [5.41, 5.74) is 11.4. The van der Waals surface area contributed by atoms with Crippen molar-refractivity contribution in [3.05, 3.63) is 221 Å². The molecule has 0 saturated heterocycles. The van der Waals surface area contributed by atoms with Gasteiger partial charge < -0.3 is 9.30 Å². The van der Waals surface area contributed by atoms with Crippen LogP contribution in [0.2, 0.25) is 0 Å². The Kier molecular flexibility index (Phi) is 7.44. The molecule has 0 amide bonds. The van der Waals surface area contributed by atoms with E-state index < -0.39 is 5.41 Å². The average Bonchev–Trinajstić information content (AvgIpc) is 3.82. The maximum absolute atomic E-state index is 10.9. The van der Waals surface area contributed by atoms with Gasteiger partial charge in [-0.25, -0.2) is 19.8 Å². The predicted molar refractivity (Wildman–Crippen MR) is 239 cm³/mol. The third-order valence-corrected chi connectivity index (χ3v) is 12.2. The van der Waals surface area contributed by atoms with Crippen LogP contribution in [0.25, 0.3) is 77.6 Å². The molecule has 0 saturated carbocycles. The minimum absolute atomic E-state index is 0.265. The Bertz CT molecular complexity index is 3400. The first kappa shape index (κ1) is 34.4. The molecule has 7 nitrogen and oxygen atoms in total. The van der Waals surface area contributed by atoms with E-state index in [2.05, 4.69) is 106 Å². The molecule has 0 fully saturated rings. The van der Waals surface area contributed by atoms with Gasteiger partial charge in [0.2, 0.25) is 5.69 Å². The second-order valence-corrected chi connectivity index (χ2v) is 15.3. The molecular weight excluding hydrogens is 749 g/mol. The zero-order chi connectivity index (χ0) is 40.7. The van der Waals surface area contributed by atoms with E-state index >= 15 is 0 Å². The molecule has 3 heterocycles. The number of para-hydroxylation sites is 3. The van der Waals surface area contributed by atoms with E-state index in [0.29, 0.717) is 28.5 Å². The summed E-state index contributed by atoms with van der Waals surface area (Å²) in [4.78, 5) is 18.7. The lowest BCUT2D eigenvalue weighted by Gasteiger charge is -2.39. The number of aromatic nitrogens is 4. The Morgan fingerprint density at radius 3 is 1.77 bits per heavy atom. The van der Waals surface area contributed by atoms with Crippen LogP contribution >= 0.6 is 0 Å². The van der Waals surface area contributed by atoms with E-state index in [9.17, 15) is 5.26 Å². The van der Waals surface area contributed by atoms with Crippen molar-refractivity contribution in [3.63, 3.8) is 0 Å². The number of hydrogen-bond acceptors (Lipinski definition) is 5. The van der Waals surface area contributed by atoms with Crippen LogP contribution in [-0.4, -0.2) is 19.5 Å². The van der Waals surface area contributed by atoms with Crippen LogP contribution in [0.5, 0.6) is 11.5 Å². The standard InChI is InChI=1S/C54H30N6O/c1-56-43-31-36(30-35(32-55)48(43)53-58-51(33-16-4-2-5-17-33)57-52(59-53)34-18-6-3-7-19-34)60-44-25-13-9-21-38(44)50-45(60)29-28-42-49(50)37-20-8-10-22-39(37)54(42)40-23-11-14-26-46(40)61-47-27-15-12-24-41(47)54/h2-31H. The average molecular weight is 779 g/mol. The van der Waals surface area contributed by atoms with Gasteiger partial charge in [0.25, 0.3) is 0 Å². The molecule has 2 aliphatic rings. The number of nitriles is 1. The molecule has 1 spiro atoms. The van der Waals surface area contributed by atoms with E-state index in [0.717, 1.165) is 66.7 Å². The largest absolute Gasteiger partial charge is 0.457 e. The van der Waals surface area contributed by atoms with Crippen LogP contribution in [0, 0.1) is 17.9 Å². The summed E-state index contributed by atoms with van der Waals surface area (Å²) in [6, 6.07) is 63.9. The van der Waals surface area contributed by atoms with Gasteiger partial charge in [-0.15, -0.1) is 0 Å². The molecule has 0 N–H and O–H groups in total. The van der Waals surface area contributed by atoms with Crippen LogP contribution in [-0.2, 0) is 5.41 Å². The summed E-state index contributed by atoms with van der Waals surface area (Å²) >= 11 is 0. The van der Waals surface area contributed by atoms with Crippen molar-refractivity contribution in [1.29, 1.82) is 5.26 Å². The summed E-state index contributed by atoms with van der Waals surface area (Å²) < 4.78 is 8.77. The second kappa shape index (κ2) is 13.2. The summed E-state index contributed by atoms with van der Waals surface area (Å²) in [6.07, 6.45) is 0. The van der Waals surface area contributed by atoms with E-state index in [1.54, 1.807) is 0 Å². The third kappa shape index (κ3) is 4.86. The number of benzene rings is 8. The van der Waals surface area contributed by atoms with Crippen molar-refractivity contribution >= 4 is 27.5 Å². The van der Waals surface area contributed by atoms with E-state index in [-0.39, 0.29) is 11.5 Å². The lowest BCUT2D eigenvalue weighted by atomic mass is 9.66. The van der Waals surface area contributed by atoms with Crippen LogP contribution in [0.4, 0.5) is 5.69 Å². The topological polar surface area (TPSA) is 81.0 Å². The van der Waals surface area contributed by atoms with Gasteiger partial charge in [-0.2, -0.15) is 5.26 Å². The molecule has 0 unspecified atom stereocenters. The van der Waals surface area contributed by atoms with Gasteiger partial charge in [0, 0.05) is 44.3 Å². The molecule has 0 atom stereocenters. The van der Waals surface area contributed by atoms with E-state index in [4.69, 9.17) is 26.3 Å². The lowest BCUT2D eigenvalue weighted by Crippen LogP contribution is -2.32. The Morgan fingerprint density at radius 2 is 1.11 bits per heavy atom. The molecule has 2 aromatic heterocycles. The summed E-state index contributed by atoms with van der Waals surface area (Å²) in [5, 5.41) is 13.1. The molecule has 0 radical (unpaired) electrons. The summed E-state index contributed by atoms with van der Waals surface area (Å²) in [5.74, 6) is 2.86. The number of ether oxygens (including phenoxy) is 1. The number of hydrogen-bond donors (Lipinski definition) is 0. The molecule has 0 bridgehead atoms. The maximum Gasteiger partial charge on any atom is 0.201 e. The van der Waals surface area contributed by atoms with Crippen molar-refractivity contribution < 1.29 is 4.74 Å². The SMILES string of the molecule is [C-]#[N+]c1cc(-n2c3ccccc3c3c4c(ccc32)C2(c3ccccc3Oc3ccccc32)c2ccccc2-4)cc(C#N)c1-c1nc(-c2ccccc2)nc(-c2ccccc2)n1. The fourth-order valence-corrected chi connectivity index (χ4v) is 9.75. The normalized spacial score (nSPS) is 12.8. The highest BCUT2D eigenvalue weighted by molar-refractivity contribution is 6.18. The van der Waals surface area contributed by atoms with Crippen molar-refractivity contribution in [2.75, 3.05) is 0 Å². The molecule has 1 aliphatic carbocycles. The van der Waals surface area contributed by atoms with Crippen molar-refractivity contribution in [3.8, 4) is 68.5 Å². The third-order valence-electron chi connectivity index (χ3n) is 12.2. The smallest absolute Gasteiger partial charge is 0.201 e. The predicted octanol–water partition coefficient (Wildman–Crippen LogP) is 12.9. The first-order valence-corrected chi connectivity index (χ1v) is 20.0. The molecule has 12 rings (SSSR count). The molecule has 8 aromatic carbocycles. The van der Waals surface area contributed by atoms with Crippen LogP contribution in [0.1, 0.15) is 27.8 Å². The molecule has 1 aliphatic heterocycles. The number of rotatable bonds is 4. The van der Waals surface area contributed by atoms with Gasteiger partial charge in [0.15, 0.2) is 17.5 Å². The minimum atomic E-state index is -0.622. The van der Waals surface area contributed by atoms with Crippen LogP contribution < -0.4 is 4.74 Å². The fraction of sp³-hybridized carbons (Fsp3) is 0.0185. The number of fused-ring (bicyclic) bond motifs is 13. The van der Waals surface area contributed by atoms with E-state index in [1.165, 1.54) is 11.1 Å². The second-order valence-electron chi connectivity index (χ2n) is 15.3. The van der Waals surface area contributed by atoms with Gasteiger partial charge in [0.05, 0.1) is 34.7 Å². The first-order valence-electron chi connectivity index (χ1n) is 20.0.